The van der Waals surface area contributed by atoms with Crippen molar-refractivity contribution < 1.29 is 13.2 Å². The summed E-state index contributed by atoms with van der Waals surface area (Å²) >= 11 is 0. The summed E-state index contributed by atoms with van der Waals surface area (Å²) in [6.07, 6.45) is 0. The quantitative estimate of drug-likeness (QED) is 0.770. The van der Waals surface area contributed by atoms with E-state index in [0.717, 1.165) is 22.4 Å². The minimum atomic E-state index is -3.75. The van der Waals surface area contributed by atoms with Gasteiger partial charge in [0.25, 0.3) is 10.0 Å². The molecule has 1 aromatic heterocycles. The predicted octanol–water partition coefficient (Wildman–Crippen LogP) is 2.99. The number of aromatic nitrogens is 2. The van der Waals surface area contributed by atoms with Gasteiger partial charge in [-0.05, 0) is 49.7 Å². The van der Waals surface area contributed by atoms with Crippen molar-refractivity contribution in [3.8, 4) is 5.75 Å². The molecule has 0 saturated heterocycles. The number of hydrogen-bond donors (Lipinski definition) is 2. The van der Waals surface area contributed by atoms with Gasteiger partial charge in [0, 0.05) is 0 Å². The molecule has 3 rings (SSSR count). The van der Waals surface area contributed by atoms with Crippen LogP contribution in [0.25, 0.3) is 11.0 Å². The molecule has 0 amide bonds. The molecule has 0 saturated carbocycles. The van der Waals surface area contributed by atoms with Crippen molar-refractivity contribution in [3.05, 3.63) is 47.8 Å². The van der Waals surface area contributed by atoms with Gasteiger partial charge in [-0.3, -0.25) is 4.72 Å². The maximum atomic E-state index is 12.7. The van der Waals surface area contributed by atoms with Gasteiger partial charge in [-0.25, -0.2) is 13.4 Å². The Morgan fingerprint density at radius 2 is 1.91 bits per heavy atom. The number of H-pyrrole nitrogens is 1. The Kier molecular flexibility index (Phi) is 3.73. The van der Waals surface area contributed by atoms with Crippen LogP contribution >= 0.6 is 0 Å². The minimum absolute atomic E-state index is 0.112. The lowest BCUT2D eigenvalue weighted by Crippen LogP contribution is -2.14. The highest BCUT2D eigenvalue weighted by Gasteiger charge is 2.20. The van der Waals surface area contributed by atoms with Crippen LogP contribution in [0.4, 0.5) is 5.69 Å². The van der Waals surface area contributed by atoms with Crippen molar-refractivity contribution >= 4 is 26.7 Å². The Bertz CT molecular complexity index is 977. The monoisotopic (exact) mass is 331 g/mol. The van der Waals surface area contributed by atoms with E-state index in [9.17, 15) is 8.42 Å². The van der Waals surface area contributed by atoms with E-state index in [1.54, 1.807) is 36.4 Å². The second-order valence-electron chi connectivity index (χ2n) is 5.31. The third-order valence-corrected chi connectivity index (χ3v) is 4.86. The Morgan fingerprint density at radius 1 is 1.13 bits per heavy atom. The number of fused-ring (bicyclic) bond motifs is 1. The lowest BCUT2D eigenvalue weighted by molar-refractivity contribution is 0.402. The van der Waals surface area contributed by atoms with Gasteiger partial charge < -0.3 is 9.72 Å². The van der Waals surface area contributed by atoms with Crippen LogP contribution in [0, 0.1) is 13.8 Å². The van der Waals surface area contributed by atoms with E-state index in [1.807, 2.05) is 13.8 Å². The molecular weight excluding hydrogens is 314 g/mol. The second kappa shape index (κ2) is 5.58. The van der Waals surface area contributed by atoms with Gasteiger partial charge in [0.2, 0.25) is 0 Å². The number of nitrogens with one attached hydrogen (secondary N) is 2. The molecular formula is C16H17N3O3S. The van der Waals surface area contributed by atoms with Crippen molar-refractivity contribution in [2.75, 3.05) is 11.8 Å². The number of imidazole rings is 1. The number of rotatable bonds is 4. The van der Waals surface area contributed by atoms with Crippen molar-refractivity contribution in [2.45, 2.75) is 18.7 Å². The fourth-order valence-electron chi connectivity index (χ4n) is 2.40. The van der Waals surface area contributed by atoms with Gasteiger partial charge >= 0.3 is 0 Å². The molecule has 0 bridgehead atoms. The summed E-state index contributed by atoms with van der Waals surface area (Å²) in [7, 11) is -2.30. The maximum Gasteiger partial charge on any atom is 0.265 e. The van der Waals surface area contributed by atoms with Crippen LogP contribution in [0.1, 0.15) is 11.4 Å². The van der Waals surface area contributed by atoms with Gasteiger partial charge in [0.15, 0.2) is 0 Å². The van der Waals surface area contributed by atoms with Crippen LogP contribution < -0.4 is 9.46 Å². The van der Waals surface area contributed by atoms with Crippen LogP contribution in [0.5, 0.6) is 5.75 Å². The topological polar surface area (TPSA) is 84.1 Å². The SMILES string of the molecule is COc1ccc(C)cc1S(=O)(=O)Nc1ccc2nc(C)[nH]c2c1. The summed E-state index contributed by atoms with van der Waals surface area (Å²) in [5.74, 6) is 1.09. The molecule has 0 unspecified atom stereocenters. The summed E-state index contributed by atoms with van der Waals surface area (Å²) in [6, 6.07) is 10.2. The fraction of sp³-hybridized carbons (Fsp3) is 0.188. The highest BCUT2D eigenvalue weighted by molar-refractivity contribution is 7.92. The molecule has 2 aromatic carbocycles. The number of anilines is 1. The molecule has 0 spiro atoms. The Hall–Kier alpha value is -2.54. The zero-order chi connectivity index (χ0) is 16.6. The van der Waals surface area contributed by atoms with Crippen LogP contribution in [0.3, 0.4) is 0 Å². The molecule has 0 radical (unpaired) electrons. The van der Waals surface area contributed by atoms with E-state index in [0.29, 0.717) is 11.4 Å². The molecule has 0 aliphatic carbocycles. The molecule has 2 N–H and O–H groups in total. The zero-order valence-electron chi connectivity index (χ0n) is 13.0. The first-order chi connectivity index (χ1) is 10.9. The van der Waals surface area contributed by atoms with E-state index >= 15 is 0 Å². The number of hydrogen-bond acceptors (Lipinski definition) is 4. The van der Waals surface area contributed by atoms with E-state index in [4.69, 9.17) is 4.74 Å². The first-order valence-electron chi connectivity index (χ1n) is 7.03. The predicted molar refractivity (Wildman–Crippen MR) is 89.4 cm³/mol. The zero-order valence-corrected chi connectivity index (χ0v) is 13.9. The highest BCUT2D eigenvalue weighted by Crippen LogP contribution is 2.27. The molecule has 6 nitrogen and oxygen atoms in total. The number of benzene rings is 2. The number of methoxy groups -OCH3 is 1. The van der Waals surface area contributed by atoms with Crippen LogP contribution in [0.15, 0.2) is 41.3 Å². The van der Waals surface area contributed by atoms with Crippen molar-refractivity contribution in [1.82, 2.24) is 9.97 Å². The van der Waals surface area contributed by atoms with Crippen molar-refractivity contribution in [3.63, 3.8) is 0 Å². The van der Waals surface area contributed by atoms with E-state index < -0.39 is 10.0 Å². The fourth-order valence-corrected chi connectivity index (χ4v) is 3.71. The molecule has 0 atom stereocenters. The summed E-state index contributed by atoms with van der Waals surface area (Å²) in [5, 5.41) is 0. The molecule has 23 heavy (non-hydrogen) atoms. The van der Waals surface area contributed by atoms with Gasteiger partial charge in [-0.1, -0.05) is 6.07 Å². The Balaban J connectivity index is 2.01. The number of nitrogens with zero attached hydrogens (tertiary/aromatic N) is 1. The highest BCUT2D eigenvalue weighted by atomic mass is 32.2. The molecule has 1 heterocycles. The molecule has 120 valence electrons. The first kappa shape index (κ1) is 15.4. The van der Waals surface area contributed by atoms with E-state index in [-0.39, 0.29) is 4.90 Å². The molecule has 0 aliphatic heterocycles. The number of aryl methyl sites for hydroxylation is 2. The van der Waals surface area contributed by atoms with Gasteiger partial charge in [-0.15, -0.1) is 0 Å². The smallest absolute Gasteiger partial charge is 0.265 e. The van der Waals surface area contributed by atoms with Gasteiger partial charge in [-0.2, -0.15) is 0 Å². The van der Waals surface area contributed by atoms with E-state index in [2.05, 4.69) is 14.7 Å². The van der Waals surface area contributed by atoms with Crippen LogP contribution in [0.2, 0.25) is 0 Å². The molecule has 0 aliphatic rings. The summed E-state index contributed by atoms with van der Waals surface area (Å²) < 4.78 is 33.1. The van der Waals surface area contributed by atoms with Crippen LogP contribution in [-0.4, -0.2) is 25.5 Å². The summed E-state index contributed by atoms with van der Waals surface area (Å²) in [5.41, 5.74) is 2.87. The number of aromatic amines is 1. The average Bonchev–Trinajstić information content (AvgIpc) is 2.86. The summed E-state index contributed by atoms with van der Waals surface area (Å²) in [6.45, 7) is 3.68. The van der Waals surface area contributed by atoms with Crippen molar-refractivity contribution in [2.24, 2.45) is 0 Å². The van der Waals surface area contributed by atoms with Gasteiger partial charge in [0.05, 0.1) is 23.8 Å². The third kappa shape index (κ3) is 3.00. The number of sulfonamides is 1. The molecule has 3 aromatic rings. The second-order valence-corrected chi connectivity index (χ2v) is 6.96. The van der Waals surface area contributed by atoms with E-state index in [1.165, 1.54) is 7.11 Å². The third-order valence-electron chi connectivity index (χ3n) is 3.46. The lowest BCUT2D eigenvalue weighted by atomic mass is 10.2. The standard InChI is InChI=1S/C16H17N3O3S/c1-10-4-7-15(22-3)16(8-10)23(20,21)19-12-5-6-13-14(9-12)18-11(2)17-13/h4-9,19H,1-3H3,(H,17,18). The largest absolute Gasteiger partial charge is 0.495 e. The normalized spacial score (nSPS) is 11.6. The molecule has 0 fully saturated rings. The average molecular weight is 331 g/mol. The van der Waals surface area contributed by atoms with Crippen molar-refractivity contribution in [1.29, 1.82) is 0 Å². The van der Waals surface area contributed by atoms with Crippen LogP contribution in [-0.2, 0) is 10.0 Å². The number of ether oxygens (including phenoxy) is 1. The first-order valence-corrected chi connectivity index (χ1v) is 8.51. The lowest BCUT2D eigenvalue weighted by Gasteiger charge is -2.12. The Morgan fingerprint density at radius 3 is 2.65 bits per heavy atom. The van der Waals surface area contributed by atoms with Gasteiger partial charge in [0.1, 0.15) is 16.5 Å². The summed E-state index contributed by atoms with van der Waals surface area (Å²) in [4.78, 5) is 7.49. The molecule has 7 heteroatoms. The maximum absolute atomic E-state index is 12.7. The minimum Gasteiger partial charge on any atom is -0.495 e. The Labute approximate surface area is 134 Å².